The predicted molar refractivity (Wildman–Crippen MR) is 71.6 cm³/mol. The lowest BCUT2D eigenvalue weighted by molar-refractivity contribution is 0.455. The summed E-state index contributed by atoms with van der Waals surface area (Å²) in [5.41, 5.74) is 1.25. The molecule has 1 aliphatic carbocycles. The van der Waals surface area contributed by atoms with Gasteiger partial charge in [0.1, 0.15) is 0 Å². The first-order chi connectivity index (χ1) is 8.27. The zero-order chi connectivity index (χ0) is 12.3. The van der Waals surface area contributed by atoms with E-state index in [1.54, 1.807) is 6.20 Å². The number of aromatic nitrogens is 2. The molecule has 4 heteroatoms. The Kier molecular flexibility index (Phi) is 4.46. The Morgan fingerprint density at radius 1 is 1.47 bits per heavy atom. The van der Waals surface area contributed by atoms with Gasteiger partial charge in [0.25, 0.3) is 0 Å². The van der Waals surface area contributed by atoms with Crippen LogP contribution in [-0.2, 0) is 6.54 Å². The van der Waals surface area contributed by atoms with Gasteiger partial charge in [0.15, 0.2) is 0 Å². The highest BCUT2D eigenvalue weighted by Crippen LogP contribution is 2.37. The van der Waals surface area contributed by atoms with E-state index in [4.69, 9.17) is 11.6 Å². The van der Waals surface area contributed by atoms with E-state index >= 15 is 0 Å². The molecule has 3 nitrogen and oxygen atoms in total. The van der Waals surface area contributed by atoms with Gasteiger partial charge in [-0.3, -0.25) is 4.68 Å². The van der Waals surface area contributed by atoms with Gasteiger partial charge in [-0.15, -0.1) is 0 Å². The molecule has 0 amide bonds. The van der Waals surface area contributed by atoms with Crippen molar-refractivity contribution >= 4 is 11.6 Å². The number of halogens is 1. The fraction of sp³-hybridized carbons (Fsp3) is 0.769. The monoisotopic (exact) mass is 255 g/mol. The second kappa shape index (κ2) is 5.87. The molecule has 0 aromatic carbocycles. The van der Waals surface area contributed by atoms with Gasteiger partial charge in [0.05, 0.1) is 16.9 Å². The molecule has 1 aromatic heterocycles. The van der Waals surface area contributed by atoms with Gasteiger partial charge < -0.3 is 5.32 Å². The molecular formula is C13H22ClN3. The fourth-order valence-electron chi connectivity index (χ4n) is 2.92. The van der Waals surface area contributed by atoms with Crippen molar-refractivity contribution < 1.29 is 0 Å². The van der Waals surface area contributed by atoms with Gasteiger partial charge >= 0.3 is 0 Å². The largest absolute Gasteiger partial charge is 0.314 e. The third kappa shape index (κ3) is 2.66. The Balaban J connectivity index is 2.22. The van der Waals surface area contributed by atoms with Crippen LogP contribution in [0.5, 0.6) is 0 Å². The van der Waals surface area contributed by atoms with E-state index in [2.05, 4.69) is 28.9 Å². The SMILES string of the molecule is CCCn1ncc(Cl)c1C1CCCC1NCC. The Hall–Kier alpha value is -0.540. The first-order valence-corrected chi connectivity index (χ1v) is 7.10. The maximum absolute atomic E-state index is 6.32. The number of nitrogens with one attached hydrogen (secondary N) is 1. The maximum Gasteiger partial charge on any atom is 0.0821 e. The van der Waals surface area contributed by atoms with Crippen molar-refractivity contribution in [1.29, 1.82) is 0 Å². The fourth-order valence-corrected chi connectivity index (χ4v) is 3.21. The highest BCUT2D eigenvalue weighted by molar-refractivity contribution is 6.31. The highest BCUT2D eigenvalue weighted by Gasteiger charge is 2.31. The average molecular weight is 256 g/mol. The maximum atomic E-state index is 6.32. The molecular weight excluding hydrogens is 234 g/mol. The summed E-state index contributed by atoms with van der Waals surface area (Å²) in [5, 5.41) is 8.82. The minimum atomic E-state index is 0.538. The summed E-state index contributed by atoms with van der Waals surface area (Å²) < 4.78 is 2.10. The summed E-state index contributed by atoms with van der Waals surface area (Å²) in [6.45, 7) is 6.34. The van der Waals surface area contributed by atoms with Gasteiger partial charge in [0, 0.05) is 18.5 Å². The van der Waals surface area contributed by atoms with Crippen molar-refractivity contribution in [1.82, 2.24) is 15.1 Å². The normalized spacial score (nSPS) is 24.4. The number of likely N-dealkylation sites (N-methyl/N-ethyl adjacent to an activating group) is 1. The Morgan fingerprint density at radius 2 is 2.29 bits per heavy atom. The van der Waals surface area contributed by atoms with E-state index in [0.29, 0.717) is 12.0 Å². The van der Waals surface area contributed by atoms with Gasteiger partial charge in [-0.05, 0) is 25.8 Å². The van der Waals surface area contributed by atoms with Gasteiger partial charge in [0.2, 0.25) is 0 Å². The number of aryl methyl sites for hydroxylation is 1. The number of hydrogen-bond acceptors (Lipinski definition) is 2. The summed E-state index contributed by atoms with van der Waals surface area (Å²) >= 11 is 6.32. The first kappa shape index (κ1) is 12.9. The lowest BCUT2D eigenvalue weighted by Gasteiger charge is -2.22. The van der Waals surface area contributed by atoms with Crippen LogP contribution in [0, 0.1) is 0 Å². The molecule has 1 aliphatic rings. The lowest BCUT2D eigenvalue weighted by atomic mass is 9.99. The molecule has 0 saturated heterocycles. The van der Waals surface area contributed by atoms with Crippen molar-refractivity contribution in [2.24, 2.45) is 0 Å². The molecule has 2 rings (SSSR count). The average Bonchev–Trinajstić information content (AvgIpc) is 2.87. The molecule has 0 aliphatic heterocycles. The van der Waals surface area contributed by atoms with Crippen LogP contribution in [0.3, 0.4) is 0 Å². The van der Waals surface area contributed by atoms with Crippen LogP contribution < -0.4 is 5.32 Å². The summed E-state index contributed by atoms with van der Waals surface area (Å²) in [6.07, 6.45) is 6.67. The second-order valence-electron chi connectivity index (χ2n) is 4.80. The molecule has 1 saturated carbocycles. The molecule has 1 aromatic rings. The summed E-state index contributed by atoms with van der Waals surface area (Å²) in [7, 11) is 0. The van der Waals surface area contributed by atoms with Crippen molar-refractivity contribution in [2.45, 2.75) is 58.0 Å². The van der Waals surface area contributed by atoms with E-state index in [9.17, 15) is 0 Å². The Labute approximate surface area is 109 Å². The van der Waals surface area contributed by atoms with E-state index in [-0.39, 0.29) is 0 Å². The van der Waals surface area contributed by atoms with Gasteiger partial charge in [-0.1, -0.05) is 31.9 Å². The number of rotatable bonds is 5. The summed E-state index contributed by atoms with van der Waals surface area (Å²) in [5.74, 6) is 0.538. The zero-order valence-electron chi connectivity index (χ0n) is 10.7. The van der Waals surface area contributed by atoms with Crippen LogP contribution in [0.25, 0.3) is 0 Å². The molecule has 2 atom stereocenters. The molecule has 17 heavy (non-hydrogen) atoms. The molecule has 96 valence electrons. The third-order valence-corrected chi connectivity index (χ3v) is 3.89. The highest BCUT2D eigenvalue weighted by atomic mass is 35.5. The Morgan fingerprint density at radius 3 is 3.00 bits per heavy atom. The number of hydrogen-bond donors (Lipinski definition) is 1. The quantitative estimate of drug-likeness (QED) is 0.876. The van der Waals surface area contributed by atoms with Gasteiger partial charge in [-0.25, -0.2) is 0 Å². The summed E-state index contributed by atoms with van der Waals surface area (Å²) in [4.78, 5) is 0. The van der Waals surface area contributed by atoms with Crippen molar-refractivity contribution in [3.63, 3.8) is 0 Å². The minimum Gasteiger partial charge on any atom is -0.314 e. The van der Waals surface area contributed by atoms with E-state index in [1.807, 2.05) is 0 Å². The van der Waals surface area contributed by atoms with E-state index in [1.165, 1.54) is 25.0 Å². The van der Waals surface area contributed by atoms with Crippen LogP contribution in [0.15, 0.2) is 6.20 Å². The topological polar surface area (TPSA) is 29.9 Å². The van der Waals surface area contributed by atoms with Crippen molar-refractivity contribution in [3.8, 4) is 0 Å². The van der Waals surface area contributed by atoms with Crippen LogP contribution >= 0.6 is 11.6 Å². The van der Waals surface area contributed by atoms with Crippen molar-refractivity contribution in [2.75, 3.05) is 6.54 Å². The van der Waals surface area contributed by atoms with E-state index in [0.717, 1.165) is 24.5 Å². The molecule has 0 bridgehead atoms. The van der Waals surface area contributed by atoms with Crippen LogP contribution in [-0.4, -0.2) is 22.4 Å². The van der Waals surface area contributed by atoms with E-state index < -0.39 is 0 Å². The van der Waals surface area contributed by atoms with Crippen LogP contribution in [0.2, 0.25) is 5.02 Å². The Bertz CT molecular complexity index is 362. The molecule has 0 radical (unpaired) electrons. The summed E-state index contributed by atoms with van der Waals surface area (Å²) in [6, 6.07) is 0.574. The smallest absolute Gasteiger partial charge is 0.0821 e. The third-order valence-electron chi connectivity index (χ3n) is 3.60. The molecule has 1 N–H and O–H groups in total. The standard InChI is InChI=1S/C13H22ClN3/c1-3-8-17-13(11(14)9-16-17)10-6-5-7-12(10)15-4-2/h9-10,12,15H,3-8H2,1-2H3. The second-order valence-corrected chi connectivity index (χ2v) is 5.21. The molecule has 0 spiro atoms. The predicted octanol–water partition coefficient (Wildman–Crippen LogP) is 3.19. The first-order valence-electron chi connectivity index (χ1n) is 6.72. The lowest BCUT2D eigenvalue weighted by Crippen LogP contribution is -2.32. The van der Waals surface area contributed by atoms with Crippen molar-refractivity contribution in [3.05, 3.63) is 16.9 Å². The molecule has 1 fully saturated rings. The minimum absolute atomic E-state index is 0.538. The van der Waals surface area contributed by atoms with Gasteiger partial charge in [-0.2, -0.15) is 5.10 Å². The molecule has 2 unspecified atom stereocenters. The number of nitrogens with zero attached hydrogens (tertiary/aromatic N) is 2. The van der Waals surface area contributed by atoms with Crippen LogP contribution in [0.1, 0.15) is 51.1 Å². The zero-order valence-corrected chi connectivity index (χ0v) is 11.5. The van der Waals surface area contributed by atoms with Crippen LogP contribution in [0.4, 0.5) is 0 Å². The molecule has 1 heterocycles.